The van der Waals surface area contributed by atoms with E-state index >= 15 is 0 Å². The molecule has 0 aromatic carbocycles. The molecule has 0 saturated carbocycles. The van der Waals surface area contributed by atoms with Crippen LogP contribution in [0.2, 0.25) is 0 Å². The van der Waals surface area contributed by atoms with Gasteiger partial charge in [0.05, 0.1) is 17.4 Å². The quantitative estimate of drug-likeness (QED) is 0.162. The first kappa shape index (κ1) is 19.4. The van der Waals surface area contributed by atoms with Crippen LogP contribution < -0.4 is 40.9 Å². The number of H-pyrrole nitrogens is 1. The minimum atomic E-state index is -1.39. The maximum Gasteiger partial charge on any atom is 1.00 e. The number of fused-ring (bicyclic) bond motifs is 3. The number of ether oxygens (including phenoxy) is 1. The van der Waals surface area contributed by atoms with Crippen LogP contribution in [0, 0.1) is 0 Å². The van der Waals surface area contributed by atoms with Crippen LogP contribution in [0.15, 0.2) is 16.3 Å². The molecule has 0 amide bonds. The van der Waals surface area contributed by atoms with Crippen LogP contribution in [0.1, 0.15) is 6.23 Å². The van der Waals surface area contributed by atoms with Crippen molar-refractivity contribution in [3.8, 4) is 0 Å². The Morgan fingerprint density at radius 2 is 2.00 bits per heavy atom. The van der Waals surface area contributed by atoms with Gasteiger partial charge in [0.1, 0.15) is 41.8 Å². The molecular formula is C13H13N6NaO5S. The zero-order valence-electron chi connectivity index (χ0n) is 13.5. The molecule has 4 rings (SSSR count). The van der Waals surface area contributed by atoms with Crippen molar-refractivity contribution < 1.29 is 49.6 Å². The predicted molar refractivity (Wildman–Crippen MR) is 86.5 cm³/mol. The van der Waals surface area contributed by atoms with Gasteiger partial charge in [-0.15, -0.1) is 0 Å². The fraction of sp³-hybridized carbons (Fsp3) is 0.385. The van der Waals surface area contributed by atoms with Crippen molar-refractivity contribution in [3.05, 3.63) is 16.7 Å². The average Bonchev–Trinajstić information content (AvgIpc) is 3.04. The van der Waals surface area contributed by atoms with Crippen LogP contribution in [-0.4, -0.2) is 64.7 Å². The second-order valence-corrected chi connectivity index (χ2v) is 6.01. The predicted octanol–water partition coefficient (Wildman–Crippen LogP) is -5.23. The maximum atomic E-state index is 12.4. The molecule has 1 fully saturated rings. The zero-order valence-corrected chi connectivity index (χ0v) is 16.3. The monoisotopic (exact) mass is 388 g/mol. The molecule has 26 heavy (non-hydrogen) atoms. The Hall–Kier alpha value is -1.38. The molecule has 3 aromatic heterocycles. The molecule has 132 valence electrons. The summed E-state index contributed by atoms with van der Waals surface area (Å²) in [4.78, 5) is 26.9. The van der Waals surface area contributed by atoms with E-state index in [1.165, 1.54) is 10.9 Å². The molecule has 1 saturated heterocycles. The van der Waals surface area contributed by atoms with E-state index in [1.54, 1.807) is 0 Å². The largest absolute Gasteiger partial charge is 1.00 e. The van der Waals surface area contributed by atoms with E-state index in [2.05, 4.69) is 19.9 Å². The molecule has 1 aliphatic rings. The summed E-state index contributed by atoms with van der Waals surface area (Å²) < 4.78 is 6.87. The summed E-state index contributed by atoms with van der Waals surface area (Å²) in [5.41, 5.74) is 5.64. The van der Waals surface area contributed by atoms with E-state index < -0.39 is 36.7 Å². The number of aromatic amines is 1. The first-order chi connectivity index (χ1) is 11.9. The molecule has 1 aliphatic heterocycles. The van der Waals surface area contributed by atoms with Gasteiger partial charge in [-0.2, -0.15) is 0 Å². The van der Waals surface area contributed by atoms with Crippen molar-refractivity contribution >= 4 is 40.5 Å². The first-order valence-corrected chi connectivity index (χ1v) is 7.68. The van der Waals surface area contributed by atoms with Crippen LogP contribution in [0.25, 0.3) is 22.1 Å². The van der Waals surface area contributed by atoms with Crippen molar-refractivity contribution in [2.75, 3.05) is 12.3 Å². The summed E-state index contributed by atoms with van der Waals surface area (Å²) >= 11 is 4.96. The molecule has 4 heterocycles. The fourth-order valence-corrected chi connectivity index (χ4v) is 3.27. The average molecular weight is 388 g/mol. The Balaban J connectivity index is 0.00000196. The van der Waals surface area contributed by atoms with Gasteiger partial charge in [0, 0.05) is 0 Å². The van der Waals surface area contributed by atoms with Gasteiger partial charge in [-0.3, -0.25) is 9.36 Å². The number of nitrogens with two attached hydrogens (primary N) is 1. The van der Waals surface area contributed by atoms with Crippen LogP contribution in [0.3, 0.4) is 0 Å². The standard InChI is InChI=1S/C13H14N6O5S.Na/c14-8-4-5-10(17-13(25)18-11(5)23)19(9(4)16-2-15-8)12-7(22)6(21)3(1-20)24-12;/h2-3,6-7,12,20-22H,1H2,(H2,14,15,16)(H2,17,18,23,25);/q;+1/p-1/t3-,6-,7-,12?;/m1./s1. The number of aliphatic hydroxyl groups excluding tert-OH is 3. The number of aliphatic hydroxyl groups is 3. The smallest absolute Gasteiger partial charge is 0.742 e. The summed E-state index contributed by atoms with van der Waals surface area (Å²) in [5.74, 6) is 0.0462. The van der Waals surface area contributed by atoms with Gasteiger partial charge in [-0.05, 0) is 5.16 Å². The first-order valence-electron chi connectivity index (χ1n) is 7.28. The van der Waals surface area contributed by atoms with E-state index in [0.717, 1.165) is 0 Å². The van der Waals surface area contributed by atoms with E-state index in [0.29, 0.717) is 0 Å². The molecule has 11 nitrogen and oxygen atoms in total. The molecular weight excluding hydrogens is 375 g/mol. The van der Waals surface area contributed by atoms with E-state index in [-0.39, 0.29) is 62.6 Å². The zero-order chi connectivity index (χ0) is 17.9. The van der Waals surface area contributed by atoms with E-state index in [4.69, 9.17) is 23.1 Å². The third kappa shape index (κ3) is 2.70. The molecule has 0 spiro atoms. The molecule has 13 heteroatoms. The van der Waals surface area contributed by atoms with Gasteiger partial charge in [0.2, 0.25) is 0 Å². The summed E-state index contributed by atoms with van der Waals surface area (Å²) in [7, 11) is 0. The van der Waals surface area contributed by atoms with Crippen molar-refractivity contribution in [1.29, 1.82) is 0 Å². The summed E-state index contributed by atoms with van der Waals surface area (Å²) in [5, 5.41) is 29.9. The number of rotatable bonds is 2. The number of aromatic nitrogens is 5. The van der Waals surface area contributed by atoms with Crippen molar-refractivity contribution in [2.24, 2.45) is 0 Å². The third-order valence-electron chi connectivity index (χ3n) is 4.21. The number of hydrogen-bond donors (Lipinski definition) is 5. The normalized spacial score (nSPS) is 25.7. The molecule has 6 N–H and O–H groups in total. The number of nitrogen functional groups attached to an aromatic ring is 1. The van der Waals surface area contributed by atoms with Gasteiger partial charge < -0.3 is 43.4 Å². The van der Waals surface area contributed by atoms with Crippen molar-refractivity contribution in [2.45, 2.75) is 29.7 Å². The molecule has 0 aliphatic carbocycles. The SMILES string of the molecule is Nc1ncnc2c1c1c(=O)[nH]c([S-])nc1n2C1O[C@H](CO)[C@@H](O)[C@H]1O.[Na+]. The van der Waals surface area contributed by atoms with Crippen molar-refractivity contribution in [3.63, 3.8) is 0 Å². The Labute approximate surface area is 172 Å². The topological polar surface area (TPSA) is 172 Å². The van der Waals surface area contributed by atoms with Gasteiger partial charge in [-0.1, -0.05) is 0 Å². The summed E-state index contributed by atoms with van der Waals surface area (Å²) in [6.45, 7) is -0.497. The Morgan fingerprint density at radius 1 is 1.27 bits per heavy atom. The number of nitrogens with zero attached hydrogens (tertiary/aromatic N) is 4. The molecule has 1 unspecified atom stereocenters. The molecule has 4 atom stereocenters. The summed E-state index contributed by atoms with van der Waals surface area (Å²) in [6, 6.07) is 0. The Kier molecular flexibility index (Phi) is 5.20. The number of hydrogen-bond acceptors (Lipinski definition) is 10. The van der Waals surface area contributed by atoms with Crippen LogP contribution in [0.4, 0.5) is 5.82 Å². The third-order valence-corrected chi connectivity index (χ3v) is 4.41. The Bertz CT molecular complexity index is 1040. The Morgan fingerprint density at radius 3 is 2.65 bits per heavy atom. The van der Waals surface area contributed by atoms with E-state index in [1.807, 2.05) is 0 Å². The van der Waals surface area contributed by atoms with Gasteiger partial charge in [0.25, 0.3) is 5.56 Å². The second kappa shape index (κ2) is 6.98. The minimum Gasteiger partial charge on any atom is -0.742 e. The van der Waals surface area contributed by atoms with Gasteiger partial charge in [-0.25, -0.2) is 15.0 Å². The van der Waals surface area contributed by atoms with Crippen LogP contribution >= 0.6 is 0 Å². The minimum absolute atomic E-state index is 0. The van der Waals surface area contributed by atoms with Gasteiger partial charge in [0.15, 0.2) is 6.23 Å². The summed E-state index contributed by atoms with van der Waals surface area (Å²) in [6.07, 6.45) is -3.67. The molecule has 0 radical (unpaired) electrons. The molecule has 3 aromatic rings. The van der Waals surface area contributed by atoms with Crippen LogP contribution in [-0.2, 0) is 17.4 Å². The number of anilines is 1. The maximum absolute atomic E-state index is 12.4. The number of nitrogens with one attached hydrogen (secondary N) is 1. The van der Waals surface area contributed by atoms with E-state index in [9.17, 15) is 20.1 Å². The fourth-order valence-electron chi connectivity index (χ4n) is 3.09. The van der Waals surface area contributed by atoms with Gasteiger partial charge >= 0.3 is 29.6 Å². The van der Waals surface area contributed by atoms with Crippen LogP contribution in [0.5, 0.6) is 0 Å². The molecule has 0 bridgehead atoms. The van der Waals surface area contributed by atoms with Crippen molar-refractivity contribution in [1.82, 2.24) is 24.5 Å². The second-order valence-electron chi connectivity index (χ2n) is 5.63.